The van der Waals surface area contributed by atoms with Crippen LogP contribution in [0.2, 0.25) is 0 Å². The van der Waals surface area contributed by atoms with E-state index in [4.69, 9.17) is 5.26 Å². The lowest BCUT2D eigenvalue weighted by Crippen LogP contribution is -2.08. The van der Waals surface area contributed by atoms with Crippen LogP contribution in [0.4, 0.5) is 5.69 Å². The molecule has 1 unspecified atom stereocenters. The second-order valence-electron chi connectivity index (χ2n) is 3.69. The number of hydrogen-bond donors (Lipinski definition) is 1. The summed E-state index contributed by atoms with van der Waals surface area (Å²) in [7, 11) is 0. The largest absolute Gasteiger partial charge is 0.377 e. The van der Waals surface area contributed by atoms with Gasteiger partial charge in [0.25, 0.3) is 0 Å². The maximum absolute atomic E-state index is 8.81. The lowest BCUT2D eigenvalue weighted by atomic mass is 10.2. The van der Waals surface area contributed by atoms with Gasteiger partial charge in [0.1, 0.15) is 0 Å². The first kappa shape index (κ1) is 11.1. The number of nitrogens with zero attached hydrogens (tertiary/aromatic N) is 3. The Morgan fingerprint density at radius 2 is 2.24 bits per heavy atom. The predicted molar refractivity (Wildman–Crippen MR) is 65.2 cm³/mol. The van der Waals surface area contributed by atoms with Crippen molar-refractivity contribution in [2.24, 2.45) is 0 Å². The summed E-state index contributed by atoms with van der Waals surface area (Å²) in [6, 6.07) is 9.53. The smallest absolute Gasteiger partial charge is 0.0992 e. The lowest BCUT2D eigenvalue weighted by molar-refractivity contribution is 0.827. The van der Waals surface area contributed by atoms with Crippen LogP contribution in [0, 0.1) is 11.3 Å². The highest BCUT2D eigenvalue weighted by Gasteiger charge is 2.06. The quantitative estimate of drug-likeness (QED) is 0.870. The zero-order chi connectivity index (χ0) is 12.1. The van der Waals surface area contributed by atoms with Crippen LogP contribution in [-0.2, 0) is 0 Å². The van der Waals surface area contributed by atoms with E-state index in [9.17, 15) is 0 Å². The summed E-state index contributed by atoms with van der Waals surface area (Å²) in [6.45, 7) is 2.00. The molecule has 84 valence electrons. The zero-order valence-electron chi connectivity index (χ0n) is 9.46. The summed E-state index contributed by atoms with van der Waals surface area (Å²) in [4.78, 5) is 8.25. The van der Waals surface area contributed by atoms with Crippen molar-refractivity contribution in [3.8, 4) is 6.07 Å². The van der Waals surface area contributed by atoms with E-state index in [-0.39, 0.29) is 6.04 Å². The number of anilines is 1. The highest BCUT2D eigenvalue weighted by molar-refractivity contribution is 5.50. The standard InChI is InChI=1S/C13H12N4/c1-10(13-9-15-5-6-16-13)17-12-4-2-3-11(7-12)8-14/h2-7,9-10,17H,1H3. The molecule has 4 heteroatoms. The van der Waals surface area contributed by atoms with Gasteiger partial charge in [0.15, 0.2) is 0 Å². The van der Waals surface area contributed by atoms with Crippen LogP contribution in [0.15, 0.2) is 42.9 Å². The first-order chi connectivity index (χ1) is 8.29. The van der Waals surface area contributed by atoms with Crippen molar-refractivity contribution in [3.05, 3.63) is 54.1 Å². The normalized spacial score (nSPS) is 11.5. The van der Waals surface area contributed by atoms with Crippen LogP contribution < -0.4 is 5.32 Å². The molecule has 0 spiro atoms. The van der Waals surface area contributed by atoms with Gasteiger partial charge in [-0.05, 0) is 25.1 Å². The van der Waals surface area contributed by atoms with E-state index in [0.717, 1.165) is 11.4 Å². The van der Waals surface area contributed by atoms with E-state index >= 15 is 0 Å². The molecule has 0 saturated carbocycles. The molecule has 0 aliphatic rings. The third kappa shape index (κ3) is 2.79. The molecule has 2 rings (SSSR count). The molecule has 0 bridgehead atoms. The molecule has 0 radical (unpaired) electrons. The minimum absolute atomic E-state index is 0.0534. The Hall–Kier alpha value is -2.41. The van der Waals surface area contributed by atoms with Crippen molar-refractivity contribution >= 4 is 5.69 Å². The fourth-order valence-electron chi connectivity index (χ4n) is 1.54. The molecule has 1 heterocycles. The molecule has 1 N–H and O–H groups in total. The van der Waals surface area contributed by atoms with Gasteiger partial charge in [0, 0.05) is 18.1 Å². The van der Waals surface area contributed by atoms with Crippen molar-refractivity contribution in [2.45, 2.75) is 13.0 Å². The molecular formula is C13H12N4. The van der Waals surface area contributed by atoms with E-state index in [2.05, 4.69) is 21.4 Å². The van der Waals surface area contributed by atoms with Crippen LogP contribution in [0.3, 0.4) is 0 Å². The SMILES string of the molecule is CC(Nc1cccc(C#N)c1)c1cnccn1. The third-order valence-electron chi connectivity index (χ3n) is 2.40. The molecule has 0 saturated heterocycles. The Morgan fingerprint density at radius 3 is 2.94 bits per heavy atom. The molecule has 0 amide bonds. The minimum atomic E-state index is 0.0534. The third-order valence-corrected chi connectivity index (χ3v) is 2.40. The van der Waals surface area contributed by atoms with Crippen molar-refractivity contribution in [3.63, 3.8) is 0 Å². The summed E-state index contributed by atoms with van der Waals surface area (Å²) < 4.78 is 0. The molecule has 1 atom stereocenters. The Kier molecular flexibility index (Phi) is 3.31. The number of aromatic nitrogens is 2. The summed E-state index contributed by atoms with van der Waals surface area (Å²) in [5.74, 6) is 0. The average molecular weight is 224 g/mol. The number of hydrogen-bond acceptors (Lipinski definition) is 4. The number of nitriles is 1. The molecule has 1 aromatic carbocycles. The molecule has 2 aromatic rings. The molecule has 0 aliphatic carbocycles. The fourth-order valence-corrected chi connectivity index (χ4v) is 1.54. The first-order valence-corrected chi connectivity index (χ1v) is 5.32. The summed E-state index contributed by atoms with van der Waals surface area (Å²) in [5, 5.41) is 12.1. The topological polar surface area (TPSA) is 61.6 Å². The van der Waals surface area contributed by atoms with Gasteiger partial charge in [-0.1, -0.05) is 6.07 Å². The van der Waals surface area contributed by atoms with Crippen LogP contribution in [-0.4, -0.2) is 9.97 Å². The van der Waals surface area contributed by atoms with Crippen molar-refractivity contribution in [1.82, 2.24) is 9.97 Å². The molecule has 0 aliphatic heterocycles. The van der Waals surface area contributed by atoms with Gasteiger partial charge < -0.3 is 5.32 Å². The number of rotatable bonds is 3. The Labute approximate surface area is 100.0 Å². The van der Waals surface area contributed by atoms with E-state index < -0.39 is 0 Å². The molecule has 4 nitrogen and oxygen atoms in total. The number of benzene rings is 1. The first-order valence-electron chi connectivity index (χ1n) is 5.32. The van der Waals surface area contributed by atoms with Crippen LogP contribution >= 0.6 is 0 Å². The molecule has 0 fully saturated rings. The van der Waals surface area contributed by atoms with Crippen molar-refractivity contribution in [1.29, 1.82) is 5.26 Å². The van der Waals surface area contributed by atoms with Crippen LogP contribution in [0.25, 0.3) is 0 Å². The summed E-state index contributed by atoms with van der Waals surface area (Å²) in [5.41, 5.74) is 2.42. The monoisotopic (exact) mass is 224 g/mol. The van der Waals surface area contributed by atoms with Gasteiger partial charge in [0.05, 0.1) is 29.6 Å². The van der Waals surface area contributed by atoms with Crippen molar-refractivity contribution in [2.75, 3.05) is 5.32 Å². The van der Waals surface area contributed by atoms with Crippen molar-refractivity contribution < 1.29 is 0 Å². The van der Waals surface area contributed by atoms with Gasteiger partial charge in [-0.25, -0.2) is 0 Å². The highest BCUT2D eigenvalue weighted by atomic mass is 14.9. The predicted octanol–water partition coefficient (Wildman–Crippen LogP) is 2.52. The Morgan fingerprint density at radius 1 is 1.35 bits per heavy atom. The molecular weight excluding hydrogens is 212 g/mol. The van der Waals surface area contributed by atoms with Gasteiger partial charge >= 0.3 is 0 Å². The van der Waals surface area contributed by atoms with E-state index in [1.54, 1.807) is 24.7 Å². The van der Waals surface area contributed by atoms with Gasteiger partial charge in [-0.15, -0.1) is 0 Å². The van der Waals surface area contributed by atoms with Crippen LogP contribution in [0.5, 0.6) is 0 Å². The Balaban J connectivity index is 2.13. The number of nitrogens with one attached hydrogen (secondary N) is 1. The second-order valence-corrected chi connectivity index (χ2v) is 3.69. The zero-order valence-corrected chi connectivity index (χ0v) is 9.46. The van der Waals surface area contributed by atoms with E-state index in [0.29, 0.717) is 5.56 Å². The Bertz CT molecular complexity index is 531. The highest BCUT2D eigenvalue weighted by Crippen LogP contribution is 2.17. The summed E-state index contributed by atoms with van der Waals surface area (Å²) in [6.07, 6.45) is 5.04. The van der Waals surface area contributed by atoms with E-state index in [1.165, 1.54) is 0 Å². The lowest BCUT2D eigenvalue weighted by Gasteiger charge is -2.14. The van der Waals surface area contributed by atoms with Gasteiger partial charge in [-0.2, -0.15) is 5.26 Å². The van der Waals surface area contributed by atoms with Crippen LogP contribution in [0.1, 0.15) is 24.2 Å². The maximum atomic E-state index is 8.81. The van der Waals surface area contributed by atoms with E-state index in [1.807, 2.05) is 25.1 Å². The second kappa shape index (κ2) is 5.08. The van der Waals surface area contributed by atoms with Gasteiger partial charge in [-0.3, -0.25) is 9.97 Å². The summed E-state index contributed by atoms with van der Waals surface area (Å²) >= 11 is 0. The fraction of sp³-hybridized carbons (Fsp3) is 0.154. The molecule has 1 aromatic heterocycles. The maximum Gasteiger partial charge on any atom is 0.0992 e. The van der Waals surface area contributed by atoms with Gasteiger partial charge in [0.2, 0.25) is 0 Å². The minimum Gasteiger partial charge on any atom is -0.377 e. The average Bonchev–Trinajstić information content (AvgIpc) is 2.40. The molecule has 17 heavy (non-hydrogen) atoms.